The van der Waals surface area contributed by atoms with Crippen molar-refractivity contribution < 1.29 is 17.9 Å². The van der Waals surface area contributed by atoms with Crippen LogP contribution in [0.1, 0.15) is 27.7 Å². The minimum Gasteiger partial charge on any atom is -0.369 e. The molecule has 0 aromatic carbocycles. The maximum Gasteiger partial charge on any atom is 0.251 e. The fourth-order valence-corrected chi connectivity index (χ4v) is 1.06. The van der Waals surface area contributed by atoms with E-state index in [2.05, 4.69) is 5.32 Å². The molecule has 5 nitrogen and oxygen atoms in total. The van der Waals surface area contributed by atoms with Crippen molar-refractivity contribution in [1.82, 2.24) is 5.32 Å². The van der Waals surface area contributed by atoms with Crippen LogP contribution in [0, 0.1) is 0 Å². The SMILES string of the molecule is COC(C)(C)C(=O)NCC(C)(C)S(C)(=O)=O. The number of carbonyl (C=O) groups is 1. The standard InChI is InChI=1S/C10H21NO4S/c1-9(2,16(6,13)14)7-11-8(12)10(3,4)15-5/h7H2,1-6H3,(H,11,12). The smallest absolute Gasteiger partial charge is 0.251 e. The third-order valence-corrected chi connectivity index (χ3v) is 4.89. The van der Waals surface area contributed by atoms with Gasteiger partial charge in [0.2, 0.25) is 0 Å². The van der Waals surface area contributed by atoms with Gasteiger partial charge in [0.05, 0.1) is 4.75 Å². The Morgan fingerprint density at radius 2 is 1.69 bits per heavy atom. The maximum absolute atomic E-state index is 11.6. The zero-order valence-electron chi connectivity index (χ0n) is 10.7. The monoisotopic (exact) mass is 251 g/mol. The fraction of sp³-hybridized carbons (Fsp3) is 0.900. The molecule has 96 valence electrons. The molecule has 0 spiro atoms. The van der Waals surface area contributed by atoms with Gasteiger partial charge in [-0.2, -0.15) is 0 Å². The Kier molecular flexibility index (Phi) is 4.53. The summed E-state index contributed by atoms with van der Waals surface area (Å²) in [5.74, 6) is -0.327. The summed E-state index contributed by atoms with van der Waals surface area (Å²) in [4.78, 5) is 11.6. The van der Waals surface area contributed by atoms with Crippen LogP contribution in [-0.4, -0.2) is 44.6 Å². The number of sulfone groups is 1. The zero-order chi connectivity index (χ0) is 13.2. The molecule has 1 amide bonds. The van der Waals surface area contributed by atoms with Crippen LogP contribution in [0.5, 0.6) is 0 Å². The van der Waals surface area contributed by atoms with Crippen molar-refractivity contribution in [3.8, 4) is 0 Å². The lowest BCUT2D eigenvalue weighted by Gasteiger charge is -2.27. The van der Waals surface area contributed by atoms with Gasteiger partial charge in [0.25, 0.3) is 5.91 Å². The highest BCUT2D eigenvalue weighted by atomic mass is 32.2. The van der Waals surface area contributed by atoms with Crippen LogP contribution >= 0.6 is 0 Å². The Balaban J connectivity index is 4.55. The molecule has 0 unspecified atom stereocenters. The summed E-state index contributed by atoms with van der Waals surface area (Å²) in [6, 6.07) is 0. The largest absolute Gasteiger partial charge is 0.369 e. The number of hydrogen-bond donors (Lipinski definition) is 1. The maximum atomic E-state index is 11.6. The molecule has 6 heteroatoms. The molecule has 0 aliphatic rings. The fourth-order valence-electron chi connectivity index (χ4n) is 0.730. The number of rotatable bonds is 5. The second-order valence-electron chi connectivity index (χ2n) is 4.93. The molecule has 0 aliphatic carbocycles. The summed E-state index contributed by atoms with van der Waals surface area (Å²) in [6.07, 6.45) is 1.15. The van der Waals surface area contributed by atoms with Gasteiger partial charge in [0, 0.05) is 19.9 Å². The van der Waals surface area contributed by atoms with Crippen molar-refractivity contribution in [2.75, 3.05) is 19.9 Å². The quantitative estimate of drug-likeness (QED) is 0.765. The summed E-state index contributed by atoms with van der Waals surface area (Å²) in [7, 11) is -1.77. The molecule has 0 heterocycles. The highest BCUT2D eigenvalue weighted by Crippen LogP contribution is 2.14. The van der Waals surface area contributed by atoms with E-state index >= 15 is 0 Å². The lowest BCUT2D eigenvalue weighted by molar-refractivity contribution is -0.139. The predicted octanol–water partition coefficient (Wildman–Crippen LogP) is 0.351. The molecule has 0 fully saturated rings. The average Bonchev–Trinajstić information content (AvgIpc) is 2.12. The van der Waals surface area contributed by atoms with Crippen molar-refractivity contribution >= 4 is 15.7 Å². The predicted molar refractivity (Wildman–Crippen MR) is 63.0 cm³/mol. The summed E-state index contributed by atoms with van der Waals surface area (Å²) in [5.41, 5.74) is -0.951. The molecule has 16 heavy (non-hydrogen) atoms. The van der Waals surface area contributed by atoms with E-state index in [1.54, 1.807) is 27.7 Å². The number of amides is 1. The normalized spacial score (nSPS) is 13.6. The van der Waals surface area contributed by atoms with Gasteiger partial charge in [-0.05, 0) is 27.7 Å². The van der Waals surface area contributed by atoms with Crippen molar-refractivity contribution in [3.05, 3.63) is 0 Å². The van der Waals surface area contributed by atoms with Gasteiger partial charge in [-0.3, -0.25) is 4.79 Å². The van der Waals surface area contributed by atoms with Gasteiger partial charge >= 0.3 is 0 Å². The number of hydrogen-bond acceptors (Lipinski definition) is 4. The molecule has 0 aliphatic heterocycles. The third kappa shape index (κ3) is 3.75. The summed E-state index contributed by atoms with van der Waals surface area (Å²) >= 11 is 0. The molecule has 0 aromatic rings. The lowest BCUT2D eigenvalue weighted by Crippen LogP contribution is -2.50. The van der Waals surface area contributed by atoms with E-state index in [1.165, 1.54) is 7.11 Å². The Hall–Kier alpha value is -0.620. The first-order chi connectivity index (χ1) is 6.94. The van der Waals surface area contributed by atoms with E-state index in [0.29, 0.717) is 0 Å². The Labute approximate surface area is 97.5 Å². The summed E-state index contributed by atoms with van der Waals surface area (Å²) in [5, 5.41) is 2.58. The molecule has 0 saturated heterocycles. The van der Waals surface area contributed by atoms with Gasteiger partial charge in [0.1, 0.15) is 5.60 Å². The number of methoxy groups -OCH3 is 1. The number of ether oxygens (including phenoxy) is 1. The first-order valence-electron chi connectivity index (χ1n) is 4.97. The number of nitrogens with one attached hydrogen (secondary N) is 1. The van der Waals surface area contributed by atoms with E-state index < -0.39 is 20.2 Å². The second-order valence-corrected chi connectivity index (χ2v) is 7.58. The first-order valence-corrected chi connectivity index (χ1v) is 6.86. The molecular weight excluding hydrogens is 230 g/mol. The molecular formula is C10H21NO4S. The Morgan fingerprint density at radius 3 is 2.00 bits per heavy atom. The topological polar surface area (TPSA) is 72.5 Å². The Bertz CT molecular complexity index is 357. The van der Waals surface area contributed by atoms with Gasteiger partial charge in [0.15, 0.2) is 9.84 Å². The van der Waals surface area contributed by atoms with Crippen LogP contribution in [0.15, 0.2) is 0 Å². The van der Waals surface area contributed by atoms with Gasteiger partial charge in [-0.15, -0.1) is 0 Å². The van der Waals surface area contributed by atoms with Crippen molar-refractivity contribution in [3.63, 3.8) is 0 Å². The zero-order valence-corrected chi connectivity index (χ0v) is 11.6. The van der Waals surface area contributed by atoms with Crippen LogP contribution in [-0.2, 0) is 19.4 Å². The van der Waals surface area contributed by atoms with Crippen LogP contribution in [0.2, 0.25) is 0 Å². The van der Waals surface area contributed by atoms with Gasteiger partial charge < -0.3 is 10.1 Å². The second kappa shape index (κ2) is 4.71. The summed E-state index contributed by atoms with van der Waals surface area (Å²) < 4.78 is 26.8. The minimum atomic E-state index is -3.21. The van der Waals surface area contributed by atoms with E-state index in [9.17, 15) is 13.2 Å². The van der Waals surface area contributed by atoms with Gasteiger partial charge in [-0.1, -0.05) is 0 Å². The summed E-state index contributed by atoms with van der Waals surface area (Å²) in [6.45, 7) is 6.45. The molecule has 0 aromatic heterocycles. The first kappa shape index (κ1) is 15.4. The van der Waals surface area contributed by atoms with Crippen LogP contribution in [0.25, 0.3) is 0 Å². The highest BCUT2D eigenvalue weighted by Gasteiger charge is 2.33. The van der Waals surface area contributed by atoms with E-state index in [-0.39, 0.29) is 12.5 Å². The average molecular weight is 251 g/mol. The van der Waals surface area contributed by atoms with Crippen LogP contribution in [0.4, 0.5) is 0 Å². The molecule has 0 rings (SSSR count). The molecule has 1 N–H and O–H groups in total. The van der Waals surface area contributed by atoms with Crippen molar-refractivity contribution in [1.29, 1.82) is 0 Å². The third-order valence-electron chi connectivity index (χ3n) is 2.74. The van der Waals surface area contributed by atoms with Gasteiger partial charge in [-0.25, -0.2) is 8.42 Å². The van der Waals surface area contributed by atoms with Crippen molar-refractivity contribution in [2.45, 2.75) is 38.0 Å². The van der Waals surface area contributed by atoms with E-state index in [4.69, 9.17) is 4.74 Å². The molecule has 0 bridgehead atoms. The van der Waals surface area contributed by atoms with E-state index in [0.717, 1.165) is 6.26 Å². The minimum absolute atomic E-state index is 0.0669. The molecule has 0 radical (unpaired) electrons. The van der Waals surface area contributed by atoms with Crippen LogP contribution < -0.4 is 5.32 Å². The molecule has 0 atom stereocenters. The van der Waals surface area contributed by atoms with Crippen LogP contribution in [0.3, 0.4) is 0 Å². The molecule has 0 saturated carbocycles. The lowest BCUT2D eigenvalue weighted by atomic mass is 10.1. The number of carbonyl (C=O) groups excluding carboxylic acids is 1. The van der Waals surface area contributed by atoms with E-state index in [1.807, 2.05) is 0 Å². The van der Waals surface area contributed by atoms with Crippen molar-refractivity contribution in [2.24, 2.45) is 0 Å². The Morgan fingerprint density at radius 1 is 1.25 bits per heavy atom. The highest BCUT2D eigenvalue weighted by molar-refractivity contribution is 7.92.